The highest BCUT2D eigenvalue weighted by molar-refractivity contribution is 4.93. The van der Waals surface area contributed by atoms with Gasteiger partial charge >= 0.3 is 0 Å². The Bertz CT molecular complexity index is 64.9. The van der Waals surface area contributed by atoms with Crippen LogP contribution in [0.25, 0.3) is 0 Å². The van der Waals surface area contributed by atoms with E-state index in [4.69, 9.17) is 10.8 Å². The zero-order valence-electron chi connectivity index (χ0n) is 4.93. The fourth-order valence-electron chi connectivity index (χ4n) is 1.02. The summed E-state index contributed by atoms with van der Waals surface area (Å²) in [7, 11) is 0. The molecule has 0 aliphatic heterocycles. The molecule has 2 heteroatoms. The average molecular weight is 114 g/mol. The molecule has 1 aliphatic rings. The molecule has 1 fully saturated rings. The third kappa shape index (κ3) is 1.20. The lowest BCUT2D eigenvalue weighted by atomic mass is 9.94. The maximum Gasteiger partial charge on any atom is 0.0738 e. The Morgan fingerprint density at radius 3 is 2.62 bits per heavy atom. The third-order valence-corrected chi connectivity index (χ3v) is 1.62. The van der Waals surface area contributed by atoms with Crippen LogP contribution in [-0.4, -0.2) is 11.2 Å². The maximum atomic E-state index is 9.02. The van der Waals surface area contributed by atoms with Gasteiger partial charge in [0.05, 0.1) is 12.1 Å². The van der Waals surface area contributed by atoms with E-state index in [2.05, 4.69) is 0 Å². The van der Waals surface area contributed by atoms with Crippen molar-refractivity contribution in [2.24, 2.45) is 5.73 Å². The van der Waals surface area contributed by atoms with Gasteiger partial charge in [-0.1, -0.05) is 12.8 Å². The molecular formula is C6H12NO. The predicted octanol–water partition coefficient (Wildman–Crippen LogP) is 0.412. The van der Waals surface area contributed by atoms with Crippen molar-refractivity contribution in [1.29, 1.82) is 0 Å². The Morgan fingerprint density at radius 2 is 2.25 bits per heavy atom. The van der Waals surface area contributed by atoms with Crippen LogP contribution < -0.4 is 5.73 Å². The van der Waals surface area contributed by atoms with Gasteiger partial charge in [0.15, 0.2) is 0 Å². The summed E-state index contributed by atoms with van der Waals surface area (Å²) < 4.78 is 0. The molecule has 0 amide bonds. The van der Waals surface area contributed by atoms with Crippen LogP contribution in [0.4, 0.5) is 0 Å². The molecule has 0 unspecified atom stereocenters. The number of nitrogens with two attached hydrogens (primary N) is 1. The highest BCUT2D eigenvalue weighted by Gasteiger charge is 2.18. The second-order valence-corrected chi connectivity index (χ2v) is 2.34. The molecule has 1 rings (SSSR count). The fraction of sp³-hybridized carbons (Fsp3) is 0.833. The molecule has 1 aliphatic carbocycles. The number of hydrogen-bond donors (Lipinski definition) is 2. The molecular weight excluding hydrogens is 102 g/mol. The van der Waals surface area contributed by atoms with E-state index in [1.807, 2.05) is 0 Å². The lowest BCUT2D eigenvalue weighted by Gasteiger charge is -2.22. The van der Waals surface area contributed by atoms with Crippen molar-refractivity contribution in [3.63, 3.8) is 0 Å². The quantitative estimate of drug-likeness (QED) is 0.479. The van der Waals surface area contributed by atoms with Gasteiger partial charge in [-0.15, -0.1) is 0 Å². The summed E-state index contributed by atoms with van der Waals surface area (Å²) >= 11 is 0. The molecule has 0 aromatic heterocycles. The summed E-state index contributed by atoms with van der Waals surface area (Å²) in [6.45, 7) is 0. The number of aliphatic hydroxyl groups excluding tert-OH is 1. The van der Waals surface area contributed by atoms with Crippen molar-refractivity contribution in [1.82, 2.24) is 0 Å². The van der Waals surface area contributed by atoms with Crippen LogP contribution in [0.5, 0.6) is 0 Å². The Kier molecular flexibility index (Phi) is 1.86. The van der Waals surface area contributed by atoms with Crippen molar-refractivity contribution >= 4 is 0 Å². The highest BCUT2D eigenvalue weighted by Crippen LogP contribution is 2.20. The number of rotatable bonds is 0. The molecule has 3 N–H and O–H groups in total. The van der Waals surface area contributed by atoms with Crippen LogP contribution in [0.3, 0.4) is 0 Å². The lowest BCUT2D eigenvalue weighted by Crippen LogP contribution is -2.28. The van der Waals surface area contributed by atoms with Crippen molar-refractivity contribution in [2.75, 3.05) is 0 Å². The summed E-state index contributed by atoms with van der Waals surface area (Å²) in [6.07, 6.45) is 3.77. The van der Waals surface area contributed by atoms with Crippen LogP contribution in [0.1, 0.15) is 25.7 Å². The van der Waals surface area contributed by atoms with E-state index in [1.165, 1.54) is 0 Å². The SMILES string of the molecule is N[C]1CCCC[C@H]1O. The van der Waals surface area contributed by atoms with E-state index in [1.54, 1.807) is 0 Å². The van der Waals surface area contributed by atoms with Crippen molar-refractivity contribution in [3.05, 3.63) is 6.04 Å². The van der Waals surface area contributed by atoms with E-state index >= 15 is 0 Å². The Labute approximate surface area is 49.7 Å². The van der Waals surface area contributed by atoms with Gasteiger partial charge in [0, 0.05) is 0 Å². The summed E-state index contributed by atoms with van der Waals surface area (Å²) in [5, 5.41) is 9.02. The van der Waals surface area contributed by atoms with Crippen LogP contribution in [0, 0.1) is 6.04 Å². The van der Waals surface area contributed by atoms with Gasteiger partial charge < -0.3 is 10.8 Å². The third-order valence-electron chi connectivity index (χ3n) is 1.62. The standard InChI is InChI=1S/C6H12NO/c7-5-3-1-2-4-6(5)8/h6,8H,1-4,7H2/t6-/m1/s1. The molecule has 47 valence electrons. The Hall–Kier alpha value is -0.0800. The monoisotopic (exact) mass is 114 g/mol. The highest BCUT2D eigenvalue weighted by atomic mass is 16.3. The zero-order valence-corrected chi connectivity index (χ0v) is 4.93. The summed E-state index contributed by atoms with van der Waals surface area (Å²) in [5.41, 5.74) is 5.44. The van der Waals surface area contributed by atoms with Crippen molar-refractivity contribution < 1.29 is 5.11 Å². The van der Waals surface area contributed by atoms with E-state index in [-0.39, 0.29) is 6.10 Å². The largest absolute Gasteiger partial charge is 0.391 e. The average Bonchev–Trinajstić information content (AvgIpc) is 1.77. The molecule has 2 nitrogen and oxygen atoms in total. The molecule has 0 aromatic rings. The Morgan fingerprint density at radius 1 is 1.50 bits per heavy atom. The first-order valence-corrected chi connectivity index (χ1v) is 3.10. The molecule has 0 spiro atoms. The summed E-state index contributed by atoms with van der Waals surface area (Å²) in [5.74, 6) is 0. The van der Waals surface area contributed by atoms with Crippen LogP contribution >= 0.6 is 0 Å². The normalized spacial score (nSPS) is 33.0. The van der Waals surface area contributed by atoms with Gasteiger partial charge in [-0.2, -0.15) is 0 Å². The molecule has 1 atom stereocenters. The molecule has 1 saturated carbocycles. The van der Waals surface area contributed by atoms with Crippen LogP contribution in [0.15, 0.2) is 0 Å². The Balaban J connectivity index is 2.28. The summed E-state index contributed by atoms with van der Waals surface area (Å²) in [4.78, 5) is 0. The second kappa shape index (κ2) is 2.46. The zero-order chi connectivity index (χ0) is 5.98. The minimum atomic E-state index is -0.302. The van der Waals surface area contributed by atoms with Crippen molar-refractivity contribution in [2.45, 2.75) is 31.8 Å². The minimum absolute atomic E-state index is 0.302. The first-order chi connectivity index (χ1) is 3.80. The molecule has 8 heavy (non-hydrogen) atoms. The van der Waals surface area contributed by atoms with E-state index < -0.39 is 0 Å². The lowest BCUT2D eigenvalue weighted by molar-refractivity contribution is 0.149. The van der Waals surface area contributed by atoms with Crippen molar-refractivity contribution in [3.8, 4) is 0 Å². The predicted molar refractivity (Wildman–Crippen MR) is 31.9 cm³/mol. The molecule has 0 aromatic carbocycles. The van der Waals surface area contributed by atoms with E-state index in [9.17, 15) is 0 Å². The van der Waals surface area contributed by atoms with Crippen LogP contribution in [-0.2, 0) is 0 Å². The number of aliphatic hydroxyl groups is 1. The van der Waals surface area contributed by atoms with E-state index in [0.29, 0.717) is 0 Å². The molecule has 1 radical (unpaired) electrons. The smallest absolute Gasteiger partial charge is 0.0738 e. The summed E-state index contributed by atoms with van der Waals surface area (Å²) in [6, 6.07) is 0.774. The van der Waals surface area contributed by atoms with E-state index in [0.717, 1.165) is 31.7 Å². The van der Waals surface area contributed by atoms with Gasteiger partial charge in [-0.05, 0) is 12.8 Å². The van der Waals surface area contributed by atoms with Gasteiger partial charge in [-0.3, -0.25) is 0 Å². The molecule has 0 saturated heterocycles. The molecule has 0 bridgehead atoms. The van der Waals surface area contributed by atoms with Gasteiger partial charge in [0.25, 0.3) is 0 Å². The van der Waals surface area contributed by atoms with Gasteiger partial charge in [0.1, 0.15) is 0 Å². The first-order valence-electron chi connectivity index (χ1n) is 3.10. The first kappa shape index (κ1) is 6.05. The number of hydrogen-bond acceptors (Lipinski definition) is 2. The minimum Gasteiger partial charge on any atom is -0.391 e. The topological polar surface area (TPSA) is 46.2 Å². The second-order valence-electron chi connectivity index (χ2n) is 2.34. The van der Waals surface area contributed by atoms with Gasteiger partial charge in [0.2, 0.25) is 0 Å². The molecule has 0 heterocycles. The van der Waals surface area contributed by atoms with Gasteiger partial charge in [-0.25, -0.2) is 0 Å². The fourth-order valence-corrected chi connectivity index (χ4v) is 1.02. The maximum absolute atomic E-state index is 9.02. The van der Waals surface area contributed by atoms with Crippen LogP contribution in [0.2, 0.25) is 0 Å².